The molecule has 0 aliphatic heterocycles. The Morgan fingerprint density at radius 3 is 2.59 bits per heavy atom. The first-order valence-corrected chi connectivity index (χ1v) is 13.4. The number of nitrogens with zero attached hydrogens (tertiary/aromatic N) is 3. The van der Waals surface area contributed by atoms with E-state index in [0.717, 1.165) is 37.6 Å². The number of thiophene rings is 1. The van der Waals surface area contributed by atoms with E-state index in [1.165, 1.54) is 34.2 Å². The highest BCUT2D eigenvalue weighted by Crippen LogP contribution is 2.39. The van der Waals surface area contributed by atoms with Crippen molar-refractivity contribution in [2.75, 3.05) is 5.32 Å². The number of benzene rings is 2. The number of amides is 1. The van der Waals surface area contributed by atoms with Crippen molar-refractivity contribution in [2.45, 2.75) is 31.0 Å². The molecule has 1 N–H and O–H groups in total. The van der Waals surface area contributed by atoms with Crippen molar-refractivity contribution >= 4 is 55.7 Å². The van der Waals surface area contributed by atoms with Crippen LogP contribution in [0.5, 0.6) is 0 Å². The number of carbonyl (C=O) groups is 1. The van der Waals surface area contributed by atoms with Gasteiger partial charge in [0.25, 0.3) is 0 Å². The summed E-state index contributed by atoms with van der Waals surface area (Å²) in [5.41, 5.74) is 6.63. The zero-order chi connectivity index (χ0) is 23.7. The van der Waals surface area contributed by atoms with Crippen LogP contribution < -0.4 is 5.32 Å². The van der Waals surface area contributed by atoms with Gasteiger partial charge in [0.1, 0.15) is 16.2 Å². The summed E-state index contributed by atoms with van der Waals surface area (Å²) in [6.07, 6.45) is 1.57. The molecule has 0 fully saturated rings. The highest BCUT2D eigenvalue weighted by molar-refractivity contribution is 8.00. The van der Waals surface area contributed by atoms with Crippen molar-refractivity contribution in [1.82, 2.24) is 15.0 Å². The third-order valence-electron chi connectivity index (χ3n) is 5.61. The van der Waals surface area contributed by atoms with Crippen LogP contribution in [0.4, 0.5) is 5.13 Å². The summed E-state index contributed by atoms with van der Waals surface area (Å²) in [5.74, 6) is -0.103. The molecule has 2 aromatic carbocycles. The number of carbonyl (C=O) groups excluding carboxylic acids is 1. The van der Waals surface area contributed by atoms with Crippen LogP contribution in [0.3, 0.4) is 0 Å². The molecule has 0 radical (unpaired) electrons. The van der Waals surface area contributed by atoms with Gasteiger partial charge in [0, 0.05) is 21.9 Å². The Morgan fingerprint density at radius 1 is 0.971 bits per heavy atom. The van der Waals surface area contributed by atoms with Crippen LogP contribution >= 0.6 is 34.4 Å². The first-order valence-electron chi connectivity index (χ1n) is 10.8. The average molecular weight is 503 g/mol. The Hall–Kier alpha value is -3.07. The van der Waals surface area contributed by atoms with E-state index in [0.29, 0.717) is 5.13 Å². The molecule has 3 aromatic heterocycles. The van der Waals surface area contributed by atoms with Gasteiger partial charge in [0.15, 0.2) is 5.13 Å². The number of rotatable bonds is 6. The van der Waals surface area contributed by atoms with Gasteiger partial charge in [-0.25, -0.2) is 15.0 Å². The highest BCUT2D eigenvalue weighted by Gasteiger charge is 2.21. The third-order valence-corrected chi connectivity index (χ3v) is 8.36. The number of hydrogen-bond acceptors (Lipinski definition) is 7. The van der Waals surface area contributed by atoms with Gasteiger partial charge in [0.2, 0.25) is 5.91 Å². The summed E-state index contributed by atoms with van der Waals surface area (Å²) in [6, 6.07) is 16.4. The molecule has 5 rings (SSSR count). The largest absolute Gasteiger partial charge is 0.301 e. The predicted octanol–water partition coefficient (Wildman–Crippen LogP) is 7.22. The minimum Gasteiger partial charge on any atom is -0.301 e. The molecule has 0 aliphatic rings. The lowest BCUT2D eigenvalue weighted by Gasteiger charge is -2.12. The highest BCUT2D eigenvalue weighted by atomic mass is 32.2. The van der Waals surface area contributed by atoms with Crippen molar-refractivity contribution in [3.63, 3.8) is 0 Å². The summed E-state index contributed by atoms with van der Waals surface area (Å²) in [7, 11) is 0. The van der Waals surface area contributed by atoms with Crippen LogP contribution in [0.25, 0.3) is 32.6 Å². The second kappa shape index (κ2) is 9.66. The molecule has 0 bridgehead atoms. The summed E-state index contributed by atoms with van der Waals surface area (Å²) < 4.78 is 0. The van der Waals surface area contributed by atoms with Crippen molar-refractivity contribution in [3.8, 4) is 22.4 Å². The zero-order valence-corrected chi connectivity index (χ0v) is 21.4. The van der Waals surface area contributed by atoms with Gasteiger partial charge < -0.3 is 5.32 Å². The summed E-state index contributed by atoms with van der Waals surface area (Å²) in [6.45, 7) is 6.12. The SMILES string of the molecule is Cc1ccc(-c2csc3ncnc(SC(C)C(=O)Nc4nc(-c5ccccc5)cs4)c23)cc1C. The quantitative estimate of drug-likeness (QED) is 0.196. The van der Waals surface area contributed by atoms with E-state index in [4.69, 9.17) is 0 Å². The van der Waals surface area contributed by atoms with E-state index in [-0.39, 0.29) is 11.2 Å². The number of fused-ring (bicyclic) bond motifs is 1. The first kappa shape index (κ1) is 22.7. The number of thiazole rings is 1. The fourth-order valence-electron chi connectivity index (χ4n) is 3.56. The lowest BCUT2D eigenvalue weighted by Crippen LogP contribution is -2.22. The number of hydrogen-bond donors (Lipinski definition) is 1. The second-order valence-electron chi connectivity index (χ2n) is 7.96. The molecule has 1 unspecified atom stereocenters. The summed E-state index contributed by atoms with van der Waals surface area (Å²) in [5, 5.41) is 9.09. The Balaban J connectivity index is 1.37. The minimum atomic E-state index is -0.352. The fraction of sp³-hybridized carbons (Fsp3) is 0.154. The van der Waals surface area contributed by atoms with Crippen molar-refractivity contribution in [2.24, 2.45) is 0 Å². The third kappa shape index (κ3) is 4.61. The molecule has 170 valence electrons. The van der Waals surface area contributed by atoms with Gasteiger partial charge in [-0.1, -0.05) is 60.3 Å². The van der Waals surface area contributed by atoms with E-state index < -0.39 is 0 Å². The maximum Gasteiger partial charge on any atom is 0.239 e. The van der Waals surface area contributed by atoms with Crippen LogP contribution in [-0.4, -0.2) is 26.1 Å². The Labute approximate surface area is 210 Å². The lowest BCUT2D eigenvalue weighted by molar-refractivity contribution is -0.115. The molecule has 5 aromatic rings. The number of nitrogens with one attached hydrogen (secondary N) is 1. The number of aryl methyl sites for hydroxylation is 2. The van der Waals surface area contributed by atoms with E-state index in [1.807, 2.05) is 42.6 Å². The smallest absolute Gasteiger partial charge is 0.239 e. The van der Waals surface area contributed by atoms with Crippen LogP contribution in [0, 0.1) is 13.8 Å². The van der Waals surface area contributed by atoms with Crippen molar-refractivity contribution in [3.05, 3.63) is 76.7 Å². The molecule has 3 heterocycles. The molecule has 1 atom stereocenters. The van der Waals surface area contributed by atoms with Gasteiger partial charge in [-0.15, -0.1) is 22.7 Å². The zero-order valence-electron chi connectivity index (χ0n) is 18.9. The van der Waals surface area contributed by atoms with E-state index >= 15 is 0 Å². The van der Waals surface area contributed by atoms with Gasteiger partial charge in [-0.2, -0.15) is 0 Å². The van der Waals surface area contributed by atoms with Crippen molar-refractivity contribution in [1.29, 1.82) is 0 Å². The first-order chi connectivity index (χ1) is 16.5. The number of aromatic nitrogens is 3. The maximum atomic E-state index is 13.0. The standard InChI is InChI=1S/C26H22N4OS3/c1-15-9-10-19(11-16(15)2)20-12-32-24-22(20)25(28-14-27-24)34-17(3)23(31)30-26-29-21(13-33-26)18-7-5-4-6-8-18/h4-14,17H,1-3H3,(H,29,30,31). The molecular weight excluding hydrogens is 481 g/mol. The fourth-order valence-corrected chi connectivity index (χ4v) is 6.20. The molecular formula is C26H22N4OS3. The van der Waals surface area contributed by atoms with Crippen LogP contribution in [-0.2, 0) is 4.79 Å². The van der Waals surface area contributed by atoms with E-state index in [9.17, 15) is 4.79 Å². The molecule has 0 saturated heterocycles. The molecule has 5 nitrogen and oxygen atoms in total. The van der Waals surface area contributed by atoms with E-state index in [1.54, 1.807) is 17.7 Å². The van der Waals surface area contributed by atoms with Crippen LogP contribution in [0.1, 0.15) is 18.1 Å². The Morgan fingerprint density at radius 2 is 1.79 bits per heavy atom. The van der Waals surface area contributed by atoms with Crippen molar-refractivity contribution < 1.29 is 4.79 Å². The topological polar surface area (TPSA) is 67.8 Å². The molecule has 0 spiro atoms. The minimum absolute atomic E-state index is 0.103. The van der Waals surface area contributed by atoms with Crippen LogP contribution in [0.2, 0.25) is 0 Å². The Bertz CT molecular complexity index is 1480. The summed E-state index contributed by atoms with van der Waals surface area (Å²) in [4.78, 5) is 27.5. The molecule has 1 amide bonds. The predicted molar refractivity (Wildman–Crippen MR) is 144 cm³/mol. The summed E-state index contributed by atoms with van der Waals surface area (Å²) >= 11 is 4.47. The Kier molecular flexibility index (Phi) is 6.45. The molecule has 8 heteroatoms. The van der Waals surface area contributed by atoms with E-state index in [2.05, 4.69) is 57.7 Å². The molecule has 34 heavy (non-hydrogen) atoms. The number of anilines is 1. The van der Waals surface area contributed by atoms with Gasteiger partial charge in [-0.05, 0) is 37.5 Å². The van der Waals surface area contributed by atoms with Crippen LogP contribution in [0.15, 0.2) is 70.6 Å². The van der Waals surface area contributed by atoms with Gasteiger partial charge in [0.05, 0.1) is 16.3 Å². The van der Waals surface area contributed by atoms with Gasteiger partial charge >= 0.3 is 0 Å². The average Bonchev–Trinajstić information content (AvgIpc) is 3.49. The second-order valence-corrected chi connectivity index (χ2v) is 11.0. The molecule has 0 saturated carbocycles. The maximum absolute atomic E-state index is 13.0. The lowest BCUT2D eigenvalue weighted by atomic mass is 10.0. The normalized spacial score (nSPS) is 12.1. The van der Waals surface area contributed by atoms with Gasteiger partial charge in [-0.3, -0.25) is 4.79 Å². The monoisotopic (exact) mass is 502 g/mol. The molecule has 0 aliphatic carbocycles. The number of thioether (sulfide) groups is 1.